The van der Waals surface area contributed by atoms with Crippen LogP contribution >= 0.6 is 0 Å². The molecule has 0 saturated heterocycles. The Balaban J connectivity index is 2.49. The normalized spacial score (nSPS) is 10.4. The third-order valence-corrected chi connectivity index (χ3v) is 2.86. The monoisotopic (exact) mass is 243 g/mol. The molecule has 0 unspecified atom stereocenters. The van der Waals surface area contributed by atoms with Crippen LogP contribution in [0.3, 0.4) is 0 Å². The van der Waals surface area contributed by atoms with Crippen LogP contribution in [-0.4, -0.2) is 17.6 Å². The van der Waals surface area contributed by atoms with Gasteiger partial charge >= 0.3 is 5.97 Å². The van der Waals surface area contributed by atoms with Gasteiger partial charge in [-0.05, 0) is 38.0 Å². The molecule has 0 atom stereocenters. The van der Waals surface area contributed by atoms with Crippen LogP contribution in [0.4, 0.5) is 0 Å². The molecule has 0 amide bonds. The summed E-state index contributed by atoms with van der Waals surface area (Å²) in [4.78, 5) is 15.1. The Kier molecular flexibility index (Phi) is 3.51. The van der Waals surface area contributed by atoms with Crippen LogP contribution in [0.15, 0.2) is 30.5 Å². The van der Waals surface area contributed by atoms with Crippen molar-refractivity contribution in [1.29, 1.82) is 0 Å². The molecular formula is C15H17NO2. The molecule has 0 aliphatic heterocycles. The van der Waals surface area contributed by atoms with E-state index in [1.165, 1.54) is 0 Å². The number of hydrogen-bond donors (Lipinski definition) is 1. The first-order chi connectivity index (χ1) is 8.63. The van der Waals surface area contributed by atoms with Crippen molar-refractivity contribution in [1.82, 2.24) is 4.98 Å². The van der Waals surface area contributed by atoms with Gasteiger partial charge in [-0.15, -0.1) is 0 Å². The Labute approximate surface area is 107 Å². The van der Waals surface area contributed by atoms with E-state index in [0.717, 1.165) is 22.4 Å². The maximum absolute atomic E-state index is 12.0. The van der Waals surface area contributed by atoms with E-state index in [1.807, 2.05) is 51.2 Å². The smallest absolute Gasteiger partial charge is 0.340 e. The van der Waals surface area contributed by atoms with Crippen LogP contribution < -0.4 is 0 Å². The minimum atomic E-state index is -0.271. The molecule has 18 heavy (non-hydrogen) atoms. The van der Waals surface area contributed by atoms with Crippen molar-refractivity contribution in [3.05, 3.63) is 47.2 Å². The first-order valence-electron chi connectivity index (χ1n) is 6.05. The minimum Gasteiger partial charge on any atom is -0.462 e. The lowest BCUT2D eigenvalue weighted by Gasteiger charge is -2.06. The van der Waals surface area contributed by atoms with Crippen LogP contribution in [0.1, 0.15) is 28.4 Å². The van der Waals surface area contributed by atoms with E-state index in [1.54, 1.807) is 0 Å². The molecule has 1 aromatic carbocycles. The molecule has 94 valence electrons. The van der Waals surface area contributed by atoms with Gasteiger partial charge in [-0.3, -0.25) is 0 Å². The van der Waals surface area contributed by atoms with Gasteiger partial charge in [-0.2, -0.15) is 0 Å². The highest BCUT2D eigenvalue weighted by Gasteiger charge is 2.18. The number of benzene rings is 1. The highest BCUT2D eigenvalue weighted by atomic mass is 16.5. The fraction of sp³-hybridized carbons (Fsp3) is 0.267. The second-order valence-electron chi connectivity index (χ2n) is 4.31. The maximum Gasteiger partial charge on any atom is 0.340 e. The van der Waals surface area contributed by atoms with Gasteiger partial charge in [0, 0.05) is 6.20 Å². The van der Waals surface area contributed by atoms with Gasteiger partial charge in [0.1, 0.15) is 0 Å². The van der Waals surface area contributed by atoms with E-state index in [2.05, 4.69) is 4.98 Å². The molecule has 1 N–H and O–H groups in total. The fourth-order valence-corrected chi connectivity index (χ4v) is 2.02. The van der Waals surface area contributed by atoms with Crippen molar-refractivity contribution in [2.24, 2.45) is 0 Å². The third kappa shape index (κ3) is 2.30. The summed E-state index contributed by atoms with van der Waals surface area (Å²) in [7, 11) is 0. The summed E-state index contributed by atoms with van der Waals surface area (Å²) < 4.78 is 5.10. The van der Waals surface area contributed by atoms with E-state index >= 15 is 0 Å². The number of carbonyl (C=O) groups is 1. The van der Waals surface area contributed by atoms with Gasteiger partial charge < -0.3 is 9.72 Å². The Bertz CT molecular complexity index is 570. The van der Waals surface area contributed by atoms with E-state index in [-0.39, 0.29) is 5.97 Å². The average molecular weight is 243 g/mol. The van der Waals surface area contributed by atoms with E-state index in [9.17, 15) is 4.79 Å². The summed E-state index contributed by atoms with van der Waals surface area (Å²) in [5.74, 6) is -0.271. The van der Waals surface area contributed by atoms with Crippen molar-refractivity contribution in [2.45, 2.75) is 20.8 Å². The highest BCUT2D eigenvalue weighted by molar-refractivity contribution is 5.98. The lowest BCUT2D eigenvalue weighted by molar-refractivity contribution is 0.0527. The third-order valence-electron chi connectivity index (χ3n) is 2.86. The molecule has 0 spiro atoms. The lowest BCUT2D eigenvalue weighted by Crippen LogP contribution is -2.06. The first-order valence-corrected chi connectivity index (χ1v) is 6.05. The number of hydrogen-bond acceptors (Lipinski definition) is 2. The largest absolute Gasteiger partial charge is 0.462 e. The number of aromatic nitrogens is 1. The van der Waals surface area contributed by atoms with Crippen LogP contribution in [0, 0.1) is 13.8 Å². The number of aromatic amines is 1. The molecule has 3 nitrogen and oxygen atoms in total. The van der Waals surface area contributed by atoms with Crippen molar-refractivity contribution < 1.29 is 9.53 Å². The number of ether oxygens (including phenoxy) is 1. The predicted molar refractivity (Wildman–Crippen MR) is 71.7 cm³/mol. The zero-order chi connectivity index (χ0) is 13.1. The summed E-state index contributed by atoms with van der Waals surface area (Å²) in [5, 5.41) is 0. The lowest BCUT2D eigenvalue weighted by atomic mass is 10.0. The summed E-state index contributed by atoms with van der Waals surface area (Å²) in [6.07, 6.45) is 1.84. The van der Waals surface area contributed by atoms with Gasteiger partial charge in [0.05, 0.1) is 17.9 Å². The van der Waals surface area contributed by atoms with Crippen molar-refractivity contribution in [3.8, 4) is 11.3 Å². The zero-order valence-corrected chi connectivity index (χ0v) is 10.9. The number of esters is 1. The zero-order valence-electron chi connectivity index (χ0n) is 10.9. The number of aryl methyl sites for hydroxylation is 2. The van der Waals surface area contributed by atoms with Crippen LogP contribution in [0.2, 0.25) is 0 Å². The summed E-state index contributed by atoms with van der Waals surface area (Å²) in [6.45, 7) is 6.13. The summed E-state index contributed by atoms with van der Waals surface area (Å²) >= 11 is 0. The Hall–Kier alpha value is -2.03. The molecule has 0 radical (unpaired) electrons. The highest BCUT2D eigenvalue weighted by Crippen LogP contribution is 2.26. The summed E-state index contributed by atoms with van der Waals surface area (Å²) in [5.41, 5.74) is 4.53. The van der Waals surface area contributed by atoms with Gasteiger partial charge in [0.2, 0.25) is 0 Å². The average Bonchev–Trinajstić information content (AvgIpc) is 2.71. The van der Waals surface area contributed by atoms with E-state index < -0.39 is 0 Å². The predicted octanol–water partition coefficient (Wildman–Crippen LogP) is 3.48. The van der Waals surface area contributed by atoms with Crippen molar-refractivity contribution in [2.75, 3.05) is 6.61 Å². The number of rotatable bonds is 3. The van der Waals surface area contributed by atoms with Gasteiger partial charge in [-0.1, -0.05) is 23.8 Å². The first kappa shape index (κ1) is 12.4. The molecule has 0 bridgehead atoms. The van der Waals surface area contributed by atoms with E-state index in [0.29, 0.717) is 12.2 Å². The van der Waals surface area contributed by atoms with Gasteiger partial charge in [0.25, 0.3) is 0 Å². The molecule has 0 aliphatic carbocycles. The molecule has 3 heteroatoms. The Morgan fingerprint density at radius 2 is 2.11 bits per heavy atom. The Morgan fingerprint density at radius 3 is 2.78 bits per heavy atom. The fourth-order valence-electron chi connectivity index (χ4n) is 2.02. The molecule has 0 aliphatic rings. The molecule has 1 aromatic heterocycles. The topological polar surface area (TPSA) is 42.1 Å². The maximum atomic E-state index is 12.0. The van der Waals surface area contributed by atoms with Crippen molar-refractivity contribution >= 4 is 5.97 Å². The summed E-state index contributed by atoms with van der Waals surface area (Å²) in [6, 6.07) is 8.05. The molecule has 0 saturated carbocycles. The molecule has 1 heterocycles. The SMILES string of the molecule is CCOC(=O)c1c(C)c[nH]c1-c1cccc(C)c1. The number of H-pyrrole nitrogens is 1. The second-order valence-corrected chi connectivity index (χ2v) is 4.31. The molecule has 2 rings (SSSR count). The van der Waals surface area contributed by atoms with Crippen molar-refractivity contribution in [3.63, 3.8) is 0 Å². The molecule has 2 aromatic rings. The second kappa shape index (κ2) is 5.08. The number of carbonyl (C=O) groups excluding carboxylic acids is 1. The van der Waals surface area contributed by atoms with E-state index in [4.69, 9.17) is 4.74 Å². The van der Waals surface area contributed by atoms with Crippen LogP contribution in [0.5, 0.6) is 0 Å². The molecule has 0 fully saturated rings. The van der Waals surface area contributed by atoms with Gasteiger partial charge in [0.15, 0.2) is 0 Å². The minimum absolute atomic E-state index is 0.271. The molecular weight excluding hydrogens is 226 g/mol. The van der Waals surface area contributed by atoms with Crippen LogP contribution in [0.25, 0.3) is 11.3 Å². The standard InChI is InChI=1S/C15H17NO2/c1-4-18-15(17)13-11(3)9-16-14(13)12-7-5-6-10(2)8-12/h5-9,16H,4H2,1-3H3. The quantitative estimate of drug-likeness (QED) is 0.839. The van der Waals surface area contributed by atoms with Gasteiger partial charge in [-0.25, -0.2) is 4.79 Å². The Morgan fingerprint density at radius 1 is 1.33 bits per heavy atom. The van der Waals surface area contributed by atoms with Crippen LogP contribution in [-0.2, 0) is 4.74 Å². The number of nitrogens with one attached hydrogen (secondary N) is 1.